The summed E-state index contributed by atoms with van der Waals surface area (Å²) in [5, 5.41) is 46.4. The van der Waals surface area contributed by atoms with Gasteiger partial charge in [0.15, 0.2) is 5.13 Å². The lowest BCUT2D eigenvalue weighted by atomic mass is 10.00. The molecule has 60 heavy (non-hydrogen) atoms. The minimum absolute atomic E-state index is 0.00436. The van der Waals surface area contributed by atoms with E-state index in [1.165, 1.54) is 59.5 Å². The van der Waals surface area contributed by atoms with Crippen LogP contribution in [0.5, 0.6) is 17.2 Å². The molecule has 1 aromatic heterocycles. The first-order valence-corrected chi connectivity index (χ1v) is 21.1. The highest BCUT2D eigenvalue weighted by molar-refractivity contribution is 7.98. The summed E-state index contributed by atoms with van der Waals surface area (Å²) in [6.07, 6.45) is 0.0599. The summed E-state index contributed by atoms with van der Waals surface area (Å²) in [5.41, 5.74) is 8.97. The van der Waals surface area contributed by atoms with Crippen molar-refractivity contribution in [1.29, 1.82) is 0 Å². The van der Waals surface area contributed by atoms with Gasteiger partial charge >= 0.3 is 0 Å². The third-order valence-corrected chi connectivity index (χ3v) is 11.6. The number of primary amides is 1. The van der Waals surface area contributed by atoms with Crippen molar-refractivity contribution in [1.82, 2.24) is 26.3 Å². The number of phenols is 3. The van der Waals surface area contributed by atoms with Crippen molar-refractivity contribution in [2.45, 2.75) is 61.6 Å². The number of aromatic hydroxyl groups is 3. The van der Waals surface area contributed by atoms with E-state index in [1.54, 1.807) is 66.0 Å². The van der Waals surface area contributed by atoms with E-state index in [-0.39, 0.29) is 48.7 Å². The number of benzene rings is 4. The average Bonchev–Trinajstić information content (AvgIpc) is 3.68. The number of carbonyl (C=O) groups excluding carboxylic acids is 5. The number of thioether (sulfide) groups is 1. The van der Waals surface area contributed by atoms with Crippen LogP contribution in [0.3, 0.4) is 0 Å². The quantitative estimate of drug-likeness (QED) is 0.104. The van der Waals surface area contributed by atoms with Gasteiger partial charge in [0.05, 0.1) is 5.69 Å². The fraction of sp³-hybridized carbons (Fsp3) is 0.256. The second-order valence-corrected chi connectivity index (χ2v) is 16.2. The Kier molecular flexibility index (Phi) is 14.6. The molecule has 2 bridgehead atoms. The summed E-state index contributed by atoms with van der Waals surface area (Å²) in [6, 6.07) is 21.7. The van der Waals surface area contributed by atoms with Crippen molar-refractivity contribution >= 4 is 57.8 Å². The van der Waals surface area contributed by atoms with Gasteiger partial charge in [0.2, 0.25) is 29.5 Å². The maximum atomic E-state index is 14.5. The molecule has 10 N–H and O–H groups in total. The zero-order valence-corrected chi connectivity index (χ0v) is 33.9. The minimum Gasteiger partial charge on any atom is -0.508 e. The molecule has 1 aliphatic heterocycles. The first-order chi connectivity index (χ1) is 28.9. The Hall–Kier alpha value is -6.59. The summed E-state index contributed by atoms with van der Waals surface area (Å²) in [5.74, 6) is -2.98. The molecule has 0 saturated heterocycles. The summed E-state index contributed by atoms with van der Waals surface area (Å²) in [7, 11) is 0. The van der Waals surface area contributed by atoms with Crippen LogP contribution in [0.1, 0.15) is 27.9 Å². The number of phenolic OH excluding ortho intramolecular Hbond substituents is 3. The molecular formula is C43H45N7O8S2. The van der Waals surface area contributed by atoms with Crippen LogP contribution in [0.15, 0.2) is 109 Å². The van der Waals surface area contributed by atoms with Gasteiger partial charge in [0, 0.05) is 42.6 Å². The van der Waals surface area contributed by atoms with Gasteiger partial charge < -0.3 is 47.6 Å². The Bertz CT molecular complexity index is 2260. The smallest absolute Gasteiger partial charge is 0.243 e. The lowest BCUT2D eigenvalue weighted by molar-refractivity contribution is -0.134. The largest absolute Gasteiger partial charge is 0.508 e. The molecular weight excluding hydrogens is 807 g/mol. The van der Waals surface area contributed by atoms with Crippen LogP contribution in [-0.2, 0) is 55.4 Å². The number of nitrogens with two attached hydrogens (primary N) is 1. The first kappa shape index (κ1) is 43.0. The summed E-state index contributed by atoms with van der Waals surface area (Å²) in [4.78, 5) is 74.5. The van der Waals surface area contributed by atoms with Crippen LogP contribution in [-0.4, -0.2) is 85.8 Å². The topological polar surface area (TPSA) is 245 Å². The van der Waals surface area contributed by atoms with E-state index in [4.69, 9.17) is 5.73 Å². The second-order valence-electron chi connectivity index (χ2n) is 14.3. The van der Waals surface area contributed by atoms with Crippen LogP contribution in [0, 0.1) is 0 Å². The van der Waals surface area contributed by atoms with Crippen molar-refractivity contribution in [3.63, 3.8) is 0 Å². The van der Waals surface area contributed by atoms with Crippen LogP contribution in [0.4, 0.5) is 5.13 Å². The predicted molar refractivity (Wildman–Crippen MR) is 228 cm³/mol. The molecule has 15 nitrogen and oxygen atoms in total. The number of nitrogens with zero attached hydrogens (tertiary/aromatic N) is 1. The molecule has 0 unspecified atom stereocenters. The standard InChI is InChI=1S/C43H45N7O8S2/c44-38(54)37-24-59-22-29-23-60-43(45-29)50-36(21-28-10-16-32(53)17-11-28)42(58)48-35(20-27-8-14-31(52)15-9-27)40(56)47-34(19-26-6-12-30(51)13-7-26)39(55)46-33(41(57)49-37)18-25-4-2-1-3-5-25/h1-17,23,33-37,51-53H,18-22,24H2,(H2,44,54)(H,45,50)(H,46,55)(H,47,56)(H,48,58)(H,49,57)/t33-,34-,35-,36-,37-/m0/s1. The van der Waals surface area contributed by atoms with E-state index in [9.17, 15) is 39.3 Å². The highest BCUT2D eigenvalue weighted by Crippen LogP contribution is 2.23. The number of carbonyl (C=O) groups is 5. The molecule has 0 radical (unpaired) electrons. The number of hydrogen-bond donors (Lipinski definition) is 9. The van der Waals surface area contributed by atoms with Crippen LogP contribution < -0.4 is 32.3 Å². The molecule has 4 aromatic carbocycles. The summed E-state index contributed by atoms with van der Waals surface area (Å²) < 4.78 is 0. The van der Waals surface area contributed by atoms with Crippen molar-refractivity contribution in [3.8, 4) is 17.2 Å². The van der Waals surface area contributed by atoms with E-state index in [0.29, 0.717) is 38.8 Å². The van der Waals surface area contributed by atoms with E-state index in [2.05, 4.69) is 31.6 Å². The molecule has 17 heteroatoms. The third-order valence-electron chi connectivity index (χ3n) is 9.67. The predicted octanol–water partition coefficient (Wildman–Crippen LogP) is 2.68. The molecule has 5 amide bonds. The van der Waals surface area contributed by atoms with E-state index < -0.39 is 59.7 Å². The second kappa shape index (κ2) is 20.4. The van der Waals surface area contributed by atoms with E-state index >= 15 is 0 Å². The van der Waals surface area contributed by atoms with Crippen LogP contribution in [0.2, 0.25) is 0 Å². The van der Waals surface area contributed by atoms with Crippen molar-refractivity contribution in [2.24, 2.45) is 5.73 Å². The van der Waals surface area contributed by atoms with Crippen LogP contribution in [0.25, 0.3) is 0 Å². The lowest BCUT2D eigenvalue weighted by Crippen LogP contribution is -2.60. The van der Waals surface area contributed by atoms with Gasteiger partial charge in [-0.1, -0.05) is 66.7 Å². The maximum Gasteiger partial charge on any atom is 0.243 e. The Morgan fingerprint density at radius 3 is 1.37 bits per heavy atom. The van der Waals surface area contributed by atoms with Gasteiger partial charge in [-0.15, -0.1) is 11.3 Å². The fourth-order valence-corrected chi connectivity index (χ4v) is 8.27. The number of amides is 5. The van der Waals surface area contributed by atoms with Crippen LogP contribution >= 0.6 is 23.1 Å². The average molecular weight is 852 g/mol. The molecule has 5 aromatic rings. The molecule has 0 spiro atoms. The Labute approximate surface area is 354 Å². The van der Waals surface area contributed by atoms with Gasteiger partial charge in [-0.2, -0.15) is 11.8 Å². The SMILES string of the molecule is NC(=O)[C@@H]1CSCc2csc(n2)N[C@@H](Cc2ccc(O)cc2)C(=O)N[C@@H](Cc2ccc(O)cc2)C(=O)N[C@@H](Cc2ccc(O)cc2)C(=O)N[C@@H](Cc2ccccc2)C(=O)N1. The maximum absolute atomic E-state index is 14.5. The van der Waals surface area contributed by atoms with Gasteiger partial charge in [-0.05, 0) is 58.7 Å². The lowest BCUT2D eigenvalue weighted by Gasteiger charge is -2.27. The van der Waals surface area contributed by atoms with Crippen molar-refractivity contribution in [3.05, 3.63) is 136 Å². The molecule has 5 atom stereocenters. The zero-order valence-electron chi connectivity index (χ0n) is 32.2. The number of hydrogen-bond acceptors (Lipinski definition) is 12. The molecule has 0 aliphatic carbocycles. The summed E-state index contributed by atoms with van der Waals surface area (Å²) >= 11 is 2.57. The fourth-order valence-electron chi connectivity index (χ4n) is 6.44. The van der Waals surface area contributed by atoms with E-state index in [1.807, 2.05) is 6.07 Å². The molecule has 2 heterocycles. The Morgan fingerprint density at radius 1 is 0.567 bits per heavy atom. The Morgan fingerprint density at radius 2 is 0.950 bits per heavy atom. The number of fused-ring (bicyclic) bond motifs is 2. The number of rotatable bonds is 9. The molecule has 0 saturated carbocycles. The first-order valence-electron chi connectivity index (χ1n) is 19.1. The third kappa shape index (κ3) is 12.5. The summed E-state index contributed by atoms with van der Waals surface area (Å²) in [6.45, 7) is 0. The van der Waals surface area contributed by atoms with Gasteiger partial charge in [-0.25, -0.2) is 4.98 Å². The van der Waals surface area contributed by atoms with Gasteiger partial charge in [-0.3, -0.25) is 24.0 Å². The highest BCUT2D eigenvalue weighted by Gasteiger charge is 2.33. The monoisotopic (exact) mass is 851 g/mol. The molecule has 1 aliphatic rings. The number of anilines is 1. The molecule has 0 fully saturated rings. The van der Waals surface area contributed by atoms with E-state index in [0.717, 1.165) is 0 Å². The Balaban J connectivity index is 1.38. The number of aromatic nitrogens is 1. The van der Waals surface area contributed by atoms with Gasteiger partial charge in [0.25, 0.3) is 0 Å². The van der Waals surface area contributed by atoms with Crippen molar-refractivity contribution in [2.75, 3.05) is 11.1 Å². The molecule has 6 rings (SSSR count). The molecule has 312 valence electrons. The minimum atomic E-state index is -1.31. The van der Waals surface area contributed by atoms with Gasteiger partial charge in [0.1, 0.15) is 47.5 Å². The highest BCUT2D eigenvalue weighted by atomic mass is 32.2. The zero-order chi connectivity index (χ0) is 42.6. The normalized spacial score (nSPS) is 20.7. The van der Waals surface area contributed by atoms with Crippen molar-refractivity contribution < 1.29 is 39.3 Å². The number of thiazole rings is 1. The number of nitrogens with one attached hydrogen (secondary N) is 5.